The molecule has 1 aliphatic heterocycles. The molecule has 1 unspecified atom stereocenters. The maximum atomic E-state index is 12.8. The standard InChI is InChI=1S/C21H24N4O2/c1-14-5-6-18-16(10-14)11-17(21(27)23-18)13-25-8-3-4-15(12-25)19(26)20-22-7-9-24(20)2/h5-7,9-11,15H,3-4,8,12-13H2,1-2H3,(H,23,27). The Bertz CT molecular complexity index is 1050. The van der Waals surface area contributed by atoms with E-state index in [1.54, 1.807) is 17.0 Å². The molecule has 140 valence electrons. The van der Waals surface area contributed by atoms with E-state index in [4.69, 9.17) is 0 Å². The maximum Gasteiger partial charge on any atom is 0.252 e. The lowest BCUT2D eigenvalue weighted by atomic mass is 9.93. The molecule has 2 aromatic heterocycles. The molecule has 1 atom stereocenters. The molecule has 1 N–H and O–H groups in total. The van der Waals surface area contributed by atoms with Crippen molar-refractivity contribution in [2.75, 3.05) is 13.1 Å². The van der Waals surface area contributed by atoms with Crippen LogP contribution in [0.15, 0.2) is 41.5 Å². The molecular formula is C21H24N4O2. The summed E-state index contributed by atoms with van der Waals surface area (Å²) in [6.07, 6.45) is 5.27. The lowest BCUT2D eigenvalue weighted by Crippen LogP contribution is -2.39. The third-order valence-corrected chi connectivity index (χ3v) is 5.39. The lowest BCUT2D eigenvalue weighted by molar-refractivity contribution is 0.0797. The van der Waals surface area contributed by atoms with Gasteiger partial charge in [0.25, 0.3) is 5.56 Å². The Balaban J connectivity index is 1.53. The number of aromatic amines is 1. The van der Waals surface area contributed by atoms with Gasteiger partial charge in [0.1, 0.15) is 0 Å². The highest BCUT2D eigenvalue weighted by Gasteiger charge is 2.29. The summed E-state index contributed by atoms with van der Waals surface area (Å²) in [6.45, 7) is 4.17. The Morgan fingerprint density at radius 1 is 1.33 bits per heavy atom. The molecule has 1 saturated heterocycles. The number of H-pyrrole nitrogens is 1. The summed E-state index contributed by atoms with van der Waals surface area (Å²) < 4.78 is 1.78. The number of carbonyl (C=O) groups is 1. The Hall–Kier alpha value is -2.73. The van der Waals surface area contributed by atoms with Gasteiger partial charge in [-0.25, -0.2) is 4.98 Å². The molecule has 1 aromatic carbocycles. The number of aryl methyl sites for hydroxylation is 2. The van der Waals surface area contributed by atoms with E-state index in [-0.39, 0.29) is 17.3 Å². The highest BCUT2D eigenvalue weighted by atomic mass is 16.1. The Labute approximate surface area is 157 Å². The minimum atomic E-state index is -0.0679. The van der Waals surface area contributed by atoms with E-state index in [2.05, 4.69) is 20.9 Å². The molecule has 0 radical (unpaired) electrons. The zero-order chi connectivity index (χ0) is 19.0. The number of nitrogens with zero attached hydrogens (tertiary/aromatic N) is 3. The van der Waals surface area contributed by atoms with Crippen molar-refractivity contribution in [1.82, 2.24) is 19.4 Å². The fourth-order valence-corrected chi connectivity index (χ4v) is 3.93. The Morgan fingerprint density at radius 2 is 2.19 bits per heavy atom. The molecule has 0 aliphatic carbocycles. The SMILES string of the molecule is Cc1ccc2[nH]c(=O)c(CN3CCCC(C(=O)c4nccn4C)C3)cc2c1. The summed E-state index contributed by atoms with van der Waals surface area (Å²) in [7, 11) is 1.84. The average Bonchev–Trinajstić information content (AvgIpc) is 3.08. The monoisotopic (exact) mass is 364 g/mol. The highest BCUT2D eigenvalue weighted by molar-refractivity contribution is 5.95. The van der Waals surface area contributed by atoms with Crippen molar-refractivity contribution in [1.29, 1.82) is 0 Å². The largest absolute Gasteiger partial charge is 0.332 e. The minimum Gasteiger partial charge on any atom is -0.332 e. The van der Waals surface area contributed by atoms with Crippen LogP contribution in [0.5, 0.6) is 0 Å². The molecular weight excluding hydrogens is 340 g/mol. The summed E-state index contributed by atoms with van der Waals surface area (Å²) in [6, 6.07) is 8.00. The predicted octanol–water partition coefficient (Wildman–Crippen LogP) is 2.66. The minimum absolute atomic E-state index is 0.0519. The van der Waals surface area contributed by atoms with E-state index in [1.165, 1.54) is 5.56 Å². The van der Waals surface area contributed by atoms with E-state index in [0.29, 0.717) is 18.9 Å². The van der Waals surface area contributed by atoms with Crippen molar-refractivity contribution in [3.8, 4) is 0 Å². The number of aromatic nitrogens is 3. The van der Waals surface area contributed by atoms with Gasteiger partial charge in [-0.1, -0.05) is 11.6 Å². The van der Waals surface area contributed by atoms with Crippen LogP contribution < -0.4 is 5.56 Å². The topological polar surface area (TPSA) is 71.0 Å². The number of fused-ring (bicyclic) bond motifs is 1. The number of Topliss-reactive ketones (excluding diaryl/α,β-unsaturated/α-hetero) is 1. The number of benzene rings is 1. The van der Waals surface area contributed by atoms with E-state index in [0.717, 1.165) is 35.9 Å². The number of carbonyl (C=O) groups excluding carboxylic acids is 1. The number of pyridine rings is 1. The van der Waals surface area contributed by atoms with Crippen LogP contribution >= 0.6 is 0 Å². The van der Waals surface area contributed by atoms with Crippen LogP contribution in [0.1, 0.15) is 34.6 Å². The van der Waals surface area contributed by atoms with E-state index in [1.807, 2.05) is 32.2 Å². The van der Waals surface area contributed by atoms with Gasteiger partial charge >= 0.3 is 0 Å². The van der Waals surface area contributed by atoms with Crippen LogP contribution in [0.2, 0.25) is 0 Å². The molecule has 0 saturated carbocycles. The predicted molar refractivity (Wildman–Crippen MR) is 105 cm³/mol. The maximum absolute atomic E-state index is 12.8. The summed E-state index contributed by atoms with van der Waals surface area (Å²) in [5, 5.41) is 1.04. The van der Waals surface area contributed by atoms with Gasteiger partial charge in [-0.15, -0.1) is 0 Å². The van der Waals surface area contributed by atoms with Crippen molar-refractivity contribution in [2.45, 2.75) is 26.3 Å². The van der Waals surface area contributed by atoms with Gasteiger partial charge < -0.3 is 9.55 Å². The molecule has 1 fully saturated rings. The number of ketones is 1. The lowest BCUT2D eigenvalue weighted by Gasteiger charge is -2.31. The van der Waals surface area contributed by atoms with Crippen LogP contribution in [-0.4, -0.2) is 38.3 Å². The van der Waals surface area contributed by atoms with Gasteiger partial charge in [0, 0.05) is 49.5 Å². The summed E-state index contributed by atoms with van der Waals surface area (Å²) in [4.78, 5) is 34.6. The second-order valence-electron chi connectivity index (χ2n) is 7.51. The number of piperidine rings is 1. The van der Waals surface area contributed by atoms with Crippen molar-refractivity contribution >= 4 is 16.7 Å². The molecule has 3 aromatic rings. The van der Waals surface area contributed by atoms with Crippen molar-refractivity contribution in [3.63, 3.8) is 0 Å². The fraction of sp³-hybridized carbons (Fsp3) is 0.381. The first-order chi connectivity index (χ1) is 13.0. The quantitative estimate of drug-likeness (QED) is 0.723. The molecule has 0 spiro atoms. The molecule has 0 amide bonds. The molecule has 6 nitrogen and oxygen atoms in total. The van der Waals surface area contributed by atoms with Crippen molar-refractivity contribution in [2.24, 2.45) is 13.0 Å². The molecule has 1 aliphatic rings. The fourth-order valence-electron chi connectivity index (χ4n) is 3.93. The van der Waals surface area contributed by atoms with Gasteiger partial charge in [-0.2, -0.15) is 0 Å². The van der Waals surface area contributed by atoms with Crippen LogP contribution in [0.4, 0.5) is 0 Å². The number of hydrogen-bond donors (Lipinski definition) is 1. The van der Waals surface area contributed by atoms with Crippen LogP contribution in [0, 0.1) is 12.8 Å². The van der Waals surface area contributed by atoms with Crippen LogP contribution in [-0.2, 0) is 13.6 Å². The average molecular weight is 364 g/mol. The normalized spacial score (nSPS) is 18.1. The second-order valence-corrected chi connectivity index (χ2v) is 7.51. The molecule has 0 bridgehead atoms. The third kappa shape index (κ3) is 3.57. The third-order valence-electron chi connectivity index (χ3n) is 5.39. The highest BCUT2D eigenvalue weighted by Crippen LogP contribution is 2.22. The van der Waals surface area contributed by atoms with Crippen LogP contribution in [0.25, 0.3) is 10.9 Å². The van der Waals surface area contributed by atoms with Gasteiger partial charge in [-0.05, 0) is 49.9 Å². The first-order valence-corrected chi connectivity index (χ1v) is 9.38. The number of likely N-dealkylation sites (tertiary alicyclic amines) is 1. The van der Waals surface area contributed by atoms with Crippen molar-refractivity contribution < 1.29 is 4.79 Å². The number of imidazole rings is 1. The van der Waals surface area contributed by atoms with Crippen molar-refractivity contribution in [3.05, 3.63) is 64.0 Å². The van der Waals surface area contributed by atoms with Gasteiger partial charge in [-0.3, -0.25) is 14.5 Å². The van der Waals surface area contributed by atoms with E-state index in [9.17, 15) is 9.59 Å². The summed E-state index contributed by atoms with van der Waals surface area (Å²) in [5.41, 5.74) is 2.72. The van der Waals surface area contributed by atoms with Crippen LogP contribution in [0.3, 0.4) is 0 Å². The second kappa shape index (κ2) is 7.12. The number of hydrogen-bond acceptors (Lipinski definition) is 4. The molecule has 4 rings (SSSR count). The molecule has 27 heavy (non-hydrogen) atoms. The van der Waals surface area contributed by atoms with E-state index < -0.39 is 0 Å². The smallest absolute Gasteiger partial charge is 0.252 e. The summed E-state index contributed by atoms with van der Waals surface area (Å²) in [5.74, 6) is 0.540. The van der Waals surface area contributed by atoms with E-state index >= 15 is 0 Å². The molecule has 3 heterocycles. The Kier molecular flexibility index (Phi) is 4.66. The summed E-state index contributed by atoms with van der Waals surface area (Å²) >= 11 is 0. The van der Waals surface area contributed by atoms with Gasteiger partial charge in [0.05, 0.1) is 0 Å². The number of rotatable bonds is 4. The Morgan fingerprint density at radius 3 is 2.96 bits per heavy atom. The first kappa shape index (κ1) is 17.7. The zero-order valence-electron chi connectivity index (χ0n) is 15.7. The van der Waals surface area contributed by atoms with Gasteiger partial charge in [0.2, 0.25) is 5.78 Å². The first-order valence-electron chi connectivity index (χ1n) is 9.38. The number of nitrogens with one attached hydrogen (secondary N) is 1. The van der Waals surface area contributed by atoms with Gasteiger partial charge in [0.15, 0.2) is 5.82 Å². The zero-order valence-corrected chi connectivity index (χ0v) is 15.7. The molecule has 6 heteroatoms.